The maximum atomic E-state index is 11.8. The highest BCUT2D eigenvalue weighted by Gasteiger charge is 2.12. The molecule has 0 aromatic rings. The first kappa shape index (κ1) is 16.3. The summed E-state index contributed by atoms with van der Waals surface area (Å²) in [4.78, 5) is 11.8. The minimum atomic E-state index is 0.211. The molecule has 0 aromatic heterocycles. The van der Waals surface area contributed by atoms with Gasteiger partial charge in [0.05, 0.1) is 6.61 Å². The largest absolute Gasteiger partial charge is 0.490 e. The number of ketones is 1. The Morgan fingerprint density at radius 1 is 1.05 bits per heavy atom. The summed E-state index contributed by atoms with van der Waals surface area (Å²) < 4.78 is 5.38. The third-order valence-electron chi connectivity index (χ3n) is 3.72. The molecule has 0 spiro atoms. The molecule has 0 atom stereocenters. The summed E-state index contributed by atoms with van der Waals surface area (Å²) in [7, 11) is 0. The third kappa shape index (κ3) is 8.07. The van der Waals surface area contributed by atoms with Crippen LogP contribution < -0.4 is 0 Å². The Morgan fingerprint density at radius 2 is 1.68 bits per heavy atom. The first-order valence-electron chi connectivity index (χ1n) is 8.20. The van der Waals surface area contributed by atoms with Crippen molar-refractivity contribution in [1.29, 1.82) is 0 Å². The Balaban J connectivity index is 1.90. The normalized spacial score (nSPS) is 14.9. The van der Waals surface area contributed by atoms with E-state index >= 15 is 0 Å². The van der Waals surface area contributed by atoms with Gasteiger partial charge < -0.3 is 4.74 Å². The molecule has 0 aliphatic carbocycles. The molecule has 110 valence electrons. The fraction of sp³-hybridized carbons (Fsp3) is 0.824. The second-order valence-electron chi connectivity index (χ2n) is 5.56. The summed E-state index contributed by atoms with van der Waals surface area (Å²) in [5, 5.41) is 0. The van der Waals surface area contributed by atoms with E-state index in [2.05, 4.69) is 6.92 Å². The van der Waals surface area contributed by atoms with Crippen molar-refractivity contribution in [2.45, 2.75) is 84.0 Å². The fourth-order valence-electron chi connectivity index (χ4n) is 2.47. The maximum Gasteiger partial charge on any atom is 0.197 e. The van der Waals surface area contributed by atoms with Crippen molar-refractivity contribution in [2.24, 2.45) is 0 Å². The maximum absolute atomic E-state index is 11.8. The number of ether oxygens (including phenoxy) is 1. The van der Waals surface area contributed by atoms with E-state index in [9.17, 15) is 4.79 Å². The van der Waals surface area contributed by atoms with Crippen LogP contribution in [0.15, 0.2) is 11.8 Å². The number of hydrogen-bond acceptors (Lipinski definition) is 2. The summed E-state index contributed by atoms with van der Waals surface area (Å²) in [6, 6.07) is 0. The zero-order chi connectivity index (χ0) is 13.8. The van der Waals surface area contributed by atoms with E-state index in [1.54, 1.807) is 0 Å². The molecule has 19 heavy (non-hydrogen) atoms. The molecule has 2 nitrogen and oxygen atoms in total. The van der Waals surface area contributed by atoms with Gasteiger partial charge in [0.25, 0.3) is 0 Å². The van der Waals surface area contributed by atoms with Crippen LogP contribution in [0.5, 0.6) is 0 Å². The van der Waals surface area contributed by atoms with E-state index in [-0.39, 0.29) is 5.78 Å². The molecule has 0 radical (unpaired) electrons. The first-order chi connectivity index (χ1) is 9.34. The first-order valence-corrected chi connectivity index (χ1v) is 8.20. The average molecular weight is 266 g/mol. The lowest BCUT2D eigenvalue weighted by atomic mass is 10.0. The molecule has 0 fully saturated rings. The zero-order valence-corrected chi connectivity index (χ0v) is 12.6. The molecule has 0 unspecified atom stereocenters. The van der Waals surface area contributed by atoms with Crippen molar-refractivity contribution >= 4 is 5.78 Å². The lowest BCUT2D eigenvalue weighted by Gasteiger charge is -2.13. The SMILES string of the molecule is CCCCCCCCCCCC(=O)C1=CCCCO1. The fourth-order valence-corrected chi connectivity index (χ4v) is 2.47. The van der Waals surface area contributed by atoms with E-state index in [4.69, 9.17) is 4.74 Å². The Morgan fingerprint density at radius 3 is 2.26 bits per heavy atom. The van der Waals surface area contributed by atoms with Gasteiger partial charge in [-0.1, -0.05) is 58.3 Å². The van der Waals surface area contributed by atoms with Gasteiger partial charge in [-0.2, -0.15) is 0 Å². The van der Waals surface area contributed by atoms with Gasteiger partial charge in [-0.25, -0.2) is 0 Å². The Bertz CT molecular complexity index is 268. The molecule has 0 saturated heterocycles. The molecule has 1 aliphatic rings. The summed E-state index contributed by atoms with van der Waals surface area (Å²) >= 11 is 0. The summed E-state index contributed by atoms with van der Waals surface area (Å²) in [5.41, 5.74) is 0. The van der Waals surface area contributed by atoms with Crippen molar-refractivity contribution in [3.05, 3.63) is 11.8 Å². The van der Waals surface area contributed by atoms with Crippen LogP contribution in [-0.2, 0) is 9.53 Å². The standard InChI is InChI=1S/C17H30O2/c1-2-3-4-5-6-7-8-9-10-13-16(18)17-14-11-12-15-19-17/h14H,2-13,15H2,1H3. The quantitative estimate of drug-likeness (QED) is 0.482. The highest BCUT2D eigenvalue weighted by molar-refractivity contribution is 5.93. The summed E-state index contributed by atoms with van der Waals surface area (Å²) in [5.74, 6) is 0.841. The van der Waals surface area contributed by atoms with Crippen molar-refractivity contribution < 1.29 is 9.53 Å². The Hall–Kier alpha value is -0.790. The molecule has 0 bridgehead atoms. The lowest BCUT2D eigenvalue weighted by molar-refractivity contribution is -0.119. The van der Waals surface area contributed by atoms with Crippen LogP contribution in [0.25, 0.3) is 0 Å². The smallest absolute Gasteiger partial charge is 0.197 e. The summed E-state index contributed by atoms with van der Waals surface area (Å²) in [6.07, 6.45) is 16.3. The van der Waals surface area contributed by atoms with E-state index in [1.807, 2.05) is 6.08 Å². The van der Waals surface area contributed by atoms with Crippen LogP contribution in [0.1, 0.15) is 84.0 Å². The van der Waals surface area contributed by atoms with Crippen LogP contribution in [0.3, 0.4) is 0 Å². The average Bonchev–Trinajstić information content (AvgIpc) is 2.46. The predicted molar refractivity (Wildman–Crippen MR) is 80.1 cm³/mol. The van der Waals surface area contributed by atoms with E-state index < -0.39 is 0 Å². The van der Waals surface area contributed by atoms with Crippen molar-refractivity contribution in [2.75, 3.05) is 6.61 Å². The van der Waals surface area contributed by atoms with Gasteiger partial charge >= 0.3 is 0 Å². The van der Waals surface area contributed by atoms with Gasteiger partial charge in [0.2, 0.25) is 0 Å². The van der Waals surface area contributed by atoms with Crippen LogP contribution in [0, 0.1) is 0 Å². The molecule has 0 amide bonds. The van der Waals surface area contributed by atoms with Crippen LogP contribution >= 0.6 is 0 Å². The van der Waals surface area contributed by atoms with Crippen molar-refractivity contribution in [3.63, 3.8) is 0 Å². The van der Waals surface area contributed by atoms with Crippen molar-refractivity contribution in [1.82, 2.24) is 0 Å². The second-order valence-corrected chi connectivity index (χ2v) is 5.56. The monoisotopic (exact) mass is 266 g/mol. The van der Waals surface area contributed by atoms with Crippen molar-refractivity contribution in [3.8, 4) is 0 Å². The number of hydrogen-bond donors (Lipinski definition) is 0. The highest BCUT2D eigenvalue weighted by atomic mass is 16.5. The van der Waals surface area contributed by atoms with Gasteiger partial charge in [-0.15, -0.1) is 0 Å². The molecule has 0 aromatic carbocycles. The summed E-state index contributed by atoms with van der Waals surface area (Å²) in [6.45, 7) is 2.97. The molecule has 2 heteroatoms. The minimum Gasteiger partial charge on any atom is -0.490 e. The lowest BCUT2D eigenvalue weighted by Crippen LogP contribution is -2.10. The topological polar surface area (TPSA) is 26.3 Å². The number of allylic oxidation sites excluding steroid dienone is 2. The van der Waals surface area contributed by atoms with Gasteiger partial charge in [0.1, 0.15) is 0 Å². The number of Topliss-reactive ketones (excluding diaryl/α,β-unsaturated/α-hetero) is 1. The van der Waals surface area contributed by atoms with Crippen LogP contribution in [0.2, 0.25) is 0 Å². The number of carbonyl (C=O) groups excluding carboxylic acids is 1. The van der Waals surface area contributed by atoms with Crippen LogP contribution in [-0.4, -0.2) is 12.4 Å². The second kappa shape index (κ2) is 11.1. The van der Waals surface area contributed by atoms with E-state index in [0.717, 1.165) is 25.9 Å². The minimum absolute atomic E-state index is 0.211. The van der Waals surface area contributed by atoms with Gasteiger partial charge in [-0.05, 0) is 25.3 Å². The molecule has 1 rings (SSSR count). The van der Waals surface area contributed by atoms with E-state index in [0.29, 0.717) is 12.2 Å². The molecular weight excluding hydrogens is 236 g/mol. The van der Waals surface area contributed by atoms with Gasteiger partial charge in [0, 0.05) is 6.42 Å². The molecule has 1 heterocycles. The number of rotatable bonds is 11. The number of unbranched alkanes of at least 4 members (excludes halogenated alkanes) is 8. The predicted octanol–water partition coefficient (Wildman–Crippen LogP) is 5.17. The molecular formula is C17H30O2. The van der Waals surface area contributed by atoms with Gasteiger partial charge in [0.15, 0.2) is 11.5 Å². The van der Waals surface area contributed by atoms with Crippen LogP contribution in [0.4, 0.5) is 0 Å². The molecule has 0 N–H and O–H groups in total. The third-order valence-corrected chi connectivity index (χ3v) is 3.72. The molecule has 0 saturated carbocycles. The zero-order valence-electron chi connectivity index (χ0n) is 12.6. The Kier molecular flexibility index (Phi) is 9.48. The Labute approximate surface area is 118 Å². The highest BCUT2D eigenvalue weighted by Crippen LogP contribution is 2.15. The molecule has 1 aliphatic heterocycles. The van der Waals surface area contributed by atoms with Gasteiger partial charge in [-0.3, -0.25) is 4.79 Å². The number of carbonyl (C=O) groups is 1. The van der Waals surface area contributed by atoms with E-state index in [1.165, 1.54) is 51.4 Å².